The van der Waals surface area contributed by atoms with Crippen molar-refractivity contribution in [3.63, 3.8) is 0 Å². The summed E-state index contributed by atoms with van der Waals surface area (Å²) >= 11 is 0. The number of phenols is 1. The van der Waals surface area contributed by atoms with Crippen LogP contribution in [0, 0.1) is 5.82 Å². The average Bonchev–Trinajstić information content (AvgIpc) is 2.47. The minimum Gasteiger partial charge on any atom is -0.508 e. The Balaban J connectivity index is 2.16. The highest BCUT2D eigenvalue weighted by Crippen LogP contribution is 2.28. The van der Waals surface area contributed by atoms with Gasteiger partial charge in [-0.2, -0.15) is 0 Å². The van der Waals surface area contributed by atoms with E-state index in [2.05, 4.69) is 24.4 Å². The van der Waals surface area contributed by atoms with Crippen LogP contribution in [0.15, 0.2) is 48.5 Å². The normalized spacial score (nSPS) is 13.9. The molecule has 0 aliphatic carbocycles. The predicted octanol–water partition coefficient (Wildman–Crippen LogP) is 4.72. The van der Waals surface area contributed by atoms with Gasteiger partial charge in [-0.3, -0.25) is 0 Å². The molecule has 2 atom stereocenters. The summed E-state index contributed by atoms with van der Waals surface area (Å²) < 4.78 is 13.1. The van der Waals surface area contributed by atoms with Crippen LogP contribution in [0.2, 0.25) is 0 Å². The highest BCUT2D eigenvalue weighted by Gasteiger charge is 2.17. The maximum atomic E-state index is 13.1. The number of benzene rings is 2. The molecule has 2 aromatic rings. The Morgan fingerprint density at radius 3 is 2.48 bits per heavy atom. The number of hydrogen-bond donors (Lipinski definition) is 2. The van der Waals surface area contributed by atoms with Gasteiger partial charge in [-0.05, 0) is 25.0 Å². The first kappa shape index (κ1) is 15.5. The third-order valence-corrected chi connectivity index (χ3v) is 3.69. The van der Waals surface area contributed by atoms with E-state index in [0.717, 1.165) is 18.9 Å². The summed E-state index contributed by atoms with van der Waals surface area (Å²) in [6, 6.07) is 14.6. The molecule has 2 unspecified atom stereocenters. The molecule has 21 heavy (non-hydrogen) atoms. The summed E-state index contributed by atoms with van der Waals surface area (Å²) in [5.74, 6) is -0.421. The molecule has 0 radical (unpaired) electrons. The van der Waals surface area contributed by atoms with Crippen LogP contribution in [-0.4, -0.2) is 5.11 Å². The van der Waals surface area contributed by atoms with Crippen LogP contribution in [-0.2, 0) is 0 Å². The zero-order valence-corrected chi connectivity index (χ0v) is 12.5. The second kappa shape index (κ2) is 7.23. The second-order valence-electron chi connectivity index (χ2n) is 5.34. The lowest BCUT2D eigenvalue weighted by molar-refractivity contribution is 0.413. The topological polar surface area (TPSA) is 32.3 Å². The molecule has 0 bridgehead atoms. The van der Waals surface area contributed by atoms with Crippen molar-refractivity contribution in [3.05, 3.63) is 65.5 Å². The molecule has 2 rings (SSSR count). The van der Waals surface area contributed by atoms with Crippen molar-refractivity contribution in [2.75, 3.05) is 0 Å². The van der Waals surface area contributed by atoms with E-state index in [4.69, 9.17) is 0 Å². The van der Waals surface area contributed by atoms with E-state index >= 15 is 0 Å². The molecule has 0 saturated heterocycles. The fraction of sp³-hybridized carbons (Fsp3) is 0.333. The maximum absolute atomic E-state index is 13.1. The van der Waals surface area contributed by atoms with Gasteiger partial charge >= 0.3 is 0 Å². The summed E-state index contributed by atoms with van der Waals surface area (Å²) in [6.07, 6.45) is 2.07. The Bertz CT molecular complexity index is 571. The molecule has 3 heteroatoms. The number of phenolic OH excluding ortho intramolecular Hbond substituents is 1. The number of rotatable bonds is 6. The molecule has 0 aliphatic heterocycles. The van der Waals surface area contributed by atoms with E-state index < -0.39 is 5.82 Å². The van der Waals surface area contributed by atoms with Gasteiger partial charge in [0.25, 0.3) is 0 Å². The first-order chi connectivity index (χ1) is 10.1. The Morgan fingerprint density at radius 2 is 1.86 bits per heavy atom. The number of aromatic hydroxyl groups is 1. The van der Waals surface area contributed by atoms with Gasteiger partial charge in [-0.15, -0.1) is 0 Å². The highest BCUT2D eigenvalue weighted by atomic mass is 19.1. The van der Waals surface area contributed by atoms with Crippen molar-refractivity contribution < 1.29 is 9.50 Å². The van der Waals surface area contributed by atoms with Crippen molar-refractivity contribution in [2.24, 2.45) is 0 Å². The molecular formula is C18H22FNO. The molecule has 0 fully saturated rings. The minimum absolute atomic E-state index is 0.00156. The van der Waals surface area contributed by atoms with E-state index in [1.165, 1.54) is 11.6 Å². The maximum Gasteiger partial charge on any atom is 0.126 e. The number of hydrogen-bond acceptors (Lipinski definition) is 2. The van der Waals surface area contributed by atoms with Crippen LogP contribution in [0.3, 0.4) is 0 Å². The van der Waals surface area contributed by atoms with E-state index in [1.54, 1.807) is 6.07 Å². The summed E-state index contributed by atoms with van der Waals surface area (Å²) in [7, 11) is 0. The van der Waals surface area contributed by atoms with E-state index in [0.29, 0.717) is 5.56 Å². The zero-order valence-electron chi connectivity index (χ0n) is 12.5. The van der Waals surface area contributed by atoms with Gasteiger partial charge in [0.15, 0.2) is 0 Å². The monoisotopic (exact) mass is 287 g/mol. The summed E-state index contributed by atoms with van der Waals surface area (Å²) in [5, 5.41) is 13.4. The first-order valence-corrected chi connectivity index (χ1v) is 7.41. The Kier molecular flexibility index (Phi) is 5.34. The molecule has 0 aromatic heterocycles. The smallest absolute Gasteiger partial charge is 0.126 e. The average molecular weight is 287 g/mol. The third-order valence-electron chi connectivity index (χ3n) is 3.69. The third kappa shape index (κ3) is 4.05. The molecular weight excluding hydrogens is 265 g/mol. The van der Waals surface area contributed by atoms with Crippen molar-refractivity contribution in [2.45, 2.75) is 38.8 Å². The van der Waals surface area contributed by atoms with E-state index in [9.17, 15) is 9.50 Å². The van der Waals surface area contributed by atoms with Crippen LogP contribution in [0.4, 0.5) is 4.39 Å². The molecule has 112 valence electrons. The zero-order chi connectivity index (χ0) is 15.2. The Hall–Kier alpha value is -1.87. The SMILES string of the molecule is CCCC(NC(C)c1ccc(F)cc1O)c1ccccc1. The van der Waals surface area contributed by atoms with Crippen LogP contribution in [0.5, 0.6) is 5.75 Å². The largest absolute Gasteiger partial charge is 0.508 e. The summed E-state index contributed by atoms with van der Waals surface area (Å²) in [5.41, 5.74) is 1.95. The lowest BCUT2D eigenvalue weighted by Gasteiger charge is -2.24. The number of halogens is 1. The lowest BCUT2D eigenvalue weighted by Crippen LogP contribution is -2.24. The van der Waals surface area contributed by atoms with Gasteiger partial charge in [0.05, 0.1) is 0 Å². The molecule has 2 N–H and O–H groups in total. The fourth-order valence-electron chi connectivity index (χ4n) is 2.59. The molecule has 2 nitrogen and oxygen atoms in total. The minimum atomic E-state index is -0.420. The standard InChI is InChI=1S/C18H22FNO/c1-3-7-17(14-8-5-4-6-9-14)20-13(2)16-11-10-15(19)12-18(16)21/h4-6,8-13,17,20-21H,3,7H2,1-2H3. The second-order valence-corrected chi connectivity index (χ2v) is 5.34. The predicted molar refractivity (Wildman–Crippen MR) is 83.7 cm³/mol. The highest BCUT2D eigenvalue weighted by molar-refractivity contribution is 5.35. The number of nitrogens with one attached hydrogen (secondary N) is 1. The van der Waals surface area contributed by atoms with Crippen LogP contribution in [0.25, 0.3) is 0 Å². The van der Waals surface area contributed by atoms with Crippen LogP contribution < -0.4 is 5.32 Å². The quantitative estimate of drug-likeness (QED) is 0.805. The molecule has 0 saturated carbocycles. The van der Waals surface area contributed by atoms with Gasteiger partial charge in [0.1, 0.15) is 11.6 Å². The fourth-order valence-corrected chi connectivity index (χ4v) is 2.59. The van der Waals surface area contributed by atoms with E-state index in [1.807, 2.05) is 25.1 Å². The molecule has 0 amide bonds. The molecule has 0 heterocycles. The first-order valence-electron chi connectivity index (χ1n) is 7.41. The van der Waals surface area contributed by atoms with Gasteiger partial charge < -0.3 is 10.4 Å². The Labute approximate surface area is 125 Å². The summed E-state index contributed by atoms with van der Waals surface area (Å²) in [6.45, 7) is 4.14. The van der Waals surface area contributed by atoms with Gasteiger partial charge in [-0.25, -0.2) is 4.39 Å². The van der Waals surface area contributed by atoms with Gasteiger partial charge in [0, 0.05) is 23.7 Å². The summed E-state index contributed by atoms with van der Waals surface area (Å²) in [4.78, 5) is 0. The lowest BCUT2D eigenvalue weighted by atomic mass is 9.99. The molecule has 0 spiro atoms. The van der Waals surface area contributed by atoms with Gasteiger partial charge in [-0.1, -0.05) is 49.7 Å². The van der Waals surface area contributed by atoms with Gasteiger partial charge in [0.2, 0.25) is 0 Å². The van der Waals surface area contributed by atoms with Crippen molar-refractivity contribution in [3.8, 4) is 5.75 Å². The van der Waals surface area contributed by atoms with Crippen molar-refractivity contribution in [1.29, 1.82) is 0 Å². The van der Waals surface area contributed by atoms with Crippen molar-refractivity contribution >= 4 is 0 Å². The van der Waals surface area contributed by atoms with Crippen LogP contribution in [0.1, 0.15) is 49.9 Å². The molecule has 2 aromatic carbocycles. The van der Waals surface area contributed by atoms with Crippen molar-refractivity contribution in [1.82, 2.24) is 5.32 Å². The van der Waals surface area contributed by atoms with E-state index in [-0.39, 0.29) is 17.8 Å². The van der Waals surface area contributed by atoms with Crippen LogP contribution >= 0.6 is 0 Å². The Morgan fingerprint density at radius 1 is 1.14 bits per heavy atom. The molecule has 0 aliphatic rings.